The molecule has 0 saturated carbocycles. The van der Waals surface area contributed by atoms with E-state index in [2.05, 4.69) is 9.97 Å². The van der Waals surface area contributed by atoms with E-state index >= 15 is 0 Å². The van der Waals surface area contributed by atoms with Gasteiger partial charge < -0.3 is 19.6 Å². The fraction of sp³-hybridized carbons (Fsp3) is 0.429. The summed E-state index contributed by atoms with van der Waals surface area (Å²) in [4.78, 5) is 22.7. The van der Waals surface area contributed by atoms with Crippen LogP contribution in [-0.2, 0) is 16.0 Å². The van der Waals surface area contributed by atoms with Crippen LogP contribution in [0.25, 0.3) is 21.3 Å². The van der Waals surface area contributed by atoms with Crippen LogP contribution in [0.1, 0.15) is 12.7 Å². The minimum absolute atomic E-state index is 0.236. The summed E-state index contributed by atoms with van der Waals surface area (Å²) in [5, 5.41) is 12.3. The molecule has 162 valence electrons. The Kier molecular flexibility index (Phi) is 8.06. The van der Waals surface area contributed by atoms with Crippen LogP contribution < -0.4 is 5.56 Å². The van der Waals surface area contributed by atoms with Crippen molar-refractivity contribution in [3.05, 3.63) is 51.6 Å². The lowest BCUT2D eigenvalue weighted by atomic mass is 10.1. The SMILES string of the molecule is CCOC[C@@H](O)CN(CCOC)Cc1nc2scc(-c3ccccc3F)c2c(=O)[nH]1. The van der Waals surface area contributed by atoms with E-state index in [1.165, 1.54) is 17.4 Å². The number of nitrogens with zero attached hydrogens (tertiary/aromatic N) is 2. The summed E-state index contributed by atoms with van der Waals surface area (Å²) in [5.74, 6) is 0.101. The number of rotatable bonds is 11. The van der Waals surface area contributed by atoms with Gasteiger partial charge in [0.2, 0.25) is 0 Å². The Labute approximate surface area is 178 Å². The van der Waals surface area contributed by atoms with Gasteiger partial charge in [-0.05, 0) is 13.0 Å². The molecule has 0 fully saturated rings. The van der Waals surface area contributed by atoms with Crippen LogP contribution in [0.3, 0.4) is 0 Å². The van der Waals surface area contributed by atoms with Gasteiger partial charge in [-0.15, -0.1) is 11.3 Å². The number of H-pyrrole nitrogens is 1. The maximum atomic E-state index is 14.2. The van der Waals surface area contributed by atoms with Gasteiger partial charge in [0.1, 0.15) is 16.5 Å². The third-order valence-electron chi connectivity index (χ3n) is 4.63. The summed E-state index contributed by atoms with van der Waals surface area (Å²) < 4.78 is 24.6. The summed E-state index contributed by atoms with van der Waals surface area (Å²) in [6.45, 7) is 4.37. The highest BCUT2D eigenvalue weighted by molar-refractivity contribution is 7.17. The van der Waals surface area contributed by atoms with E-state index in [9.17, 15) is 14.3 Å². The van der Waals surface area contributed by atoms with E-state index in [1.807, 2.05) is 11.8 Å². The summed E-state index contributed by atoms with van der Waals surface area (Å²) in [6.07, 6.45) is -0.661. The first-order valence-electron chi connectivity index (χ1n) is 9.75. The van der Waals surface area contributed by atoms with Gasteiger partial charge in [0, 0.05) is 43.3 Å². The van der Waals surface area contributed by atoms with Crippen molar-refractivity contribution in [2.24, 2.45) is 0 Å². The number of benzene rings is 1. The zero-order valence-electron chi connectivity index (χ0n) is 17.1. The van der Waals surface area contributed by atoms with Gasteiger partial charge in [0.25, 0.3) is 5.56 Å². The standard InChI is InChI=1S/C21H26FN3O4S/c1-3-29-12-14(26)10-25(8-9-28-2)11-18-23-20(27)19-16(13-30-21(19)24-18)15-6-4-5-7-17(15)22/h4-7,13-14,26H,3,8-12H2,1-2H3,(H,23,24,27)/t14-/m0/s1. The lowest BCUT2D eigenvalue weighted by Gasteiger charge is -2.24. The summed E-state index contributed by atoms with van der Waals surface area (Å²) in [5.41, 5.74) is 0.609. The molecule has 0 aliphatic rings. The topological polar surface area (TPSA) is 87.7 Å². The quantitative estimate of drug-likeness (QED) is 0.482. The molecular weight excluding hydrogens is 409 g/mol. The lowest BCUT2D eigenvalue weighted by molar-refractivity contribution is 0.0144. The molecule has 0 spiro atoms. The van der Waals surface area contributed by atoms with Gasteiger partial charge in [0.15, 0.2) is 0 Å². The number of hydrogen-bond donors (Lipinski definition) is 2. The number of thiophene rings is 1. The minimum Gasteiger partial charge on any atom is -0.389 e. The van der Waals surface area contributed by atoms with E-state index in [-0.39, 0.29) is 18.0 Å². The van der Waals surface area contributed by atoms with Crippen molar-refractivity contribution in [2.75, 3.05) is 40.0 Å². The summed E-state index contributed by atoms with van der Waals surface area (Å²) in [6, 6.07) is 6.37. The molecular formula is C21H26FN3O4S. The Balaban J connectivity index is 1.85. The molecule has 2 N–H and O–H groups in total. The zero-order valence-corrected chi connectivity index (χ0v) is 17.9. The second kappa shape index (κ2) is 10.7. The maximum Gasteiger partial charge on any atom is 0.260 e. The molecule has 3 rings (SSSR count). The molecule has 9 heteroatoms. The average molecular weight is 436 g/mol. The van der Waals surface area contributed by atoms with E-state index in [0.29, 0.717) is 60.0 Å². The van der Waals surface area contributed by atoms with Gasteiger partial charge in [-0.2, -0.15) is 0 Å². The predicted octanol–water partition coefficient (Wildman–Crippen LogP) is 2.64. The number of aliphatic hydroxyl groups is 1. The number of ether oxygens (including phenoxy) is 2. The van der Waals surface area contributed by atoms with Gasteiger partial charge in [-0.25, -0.2) is 9.37 Å². The maximum absolute atomic E-state index is 14.2. The number of halogens is 1. The molecule has 1 atom stereocenters. The molecule has 2 aromatic heterocycles. The molecule has 0 aliphatic heterocycles. The Morgan fingerprint density at radius 2 is 2.13 bits per heavy atom. The average Bonchev–Trinajstić information content (AvgIpc) is 3.15. The summed E-state index contributed by atoms with van der Waals surface area (Å²) in [7, 11) is 1.61. The van der Waals surface area contributed by atoms with Crippen LogP contribution in [-0.4, -0.2) is 66.1 Å². The number of methoxy groups -OCH3 is 1. The molecule has 2 heterocycles. The van der Waals surface area contributed by atoms with Crippen molar-refractivity contribution < 1.29 is 19.0 Å². The number of hydrogen-bond acceptors (Lipinski definition) is 7. The molecule has 0 amide bonds. The van der Waals surface area contributed by atoms with Gasteiger partial charge in [-0.3, -0.25) is 9.69 Å². The fourth-order valence-electron chi connectivity index (χ4n) is 3.22. The first-order chi connectivity index (χ1) is 14.5. The second-order valence-electron chi connectivity index (χ2n) is 6.86. The molecule has 1 aromatic carbocycles. The van der Waals surface area contributed by atoms with Gasteiger partial charge in [0.05, 0.1) is 31.2 Å². The van der Waals surface area contributed by atoms with Gasteiger partial charge in [-0.1, -0.05) is 18.2 Å². The van der Waals surface area contributed by atoms with Crippen LogP contribution in [0, 0.1) is 5.82 Å². The number of fused-ring (bicyclic) bond motifs is 1. The zero-order chi connectivity index (χ0) is 21.5. The molecule has 0 saturated heterocycles. The van der Waals surface area contributed by atoms with Crippen molar-refractivity contribution in [2.45, 2.75) is 19.6 Å². The fourth-order valence-corrected chi connectivity index (χ4v) is 4.18. The molecule has 3 aromatic rings. The number of aliphatic hydroxyl groups excluding tert-OH is 1. The van der Waals surface area contributed by atoms with E-state index in [1.54, 1.807) is 30.7 Å². The van der Waals surface area contributed by atoms with Crippen LogP contribution >= 0.6 is 11.3 Å². The molecule has 7 nitrogen and oxygen atoms in total. The summed E-state index contributed by atoms with van der Waals surface area (Å²) >= 11 is 1.31. The highest BCUT2D eigenvalue weighted by atomic mass is 32.1. The van der Waals surface area contributed by atoms with Crippen molar-refractivity contribution in [1.82, 2.24) is 14.9 Å². The minimum atomic E-state index is -0.661. The van der Waals surface area contributed by atoms with Crippen molar-refractivity contribution in [3.63, 3.8) is 0 Å². The van der Waals surface area contributed by atoms with Crippen molar-refractivity contribution in [3.8, 4) is 11.1 Å². The van der Waals surface area contributed by atoms with Crippen LogP contribution in [0.2, 0.25) is 0 Å². The Bertz CT molecular complexity index is 1020. The van der Waals surface area contributed by atoms with E-state index < -0.39 is 6.10 Å². The van der Waals surface area contributed by atoms with Crippen LogP contribution in [0.5, 0.6) is 0 Å². The Morgan fingerprint density at radius 3 is 2.87 bits per heavy atom. The predicted molar refractivity (Wildman–Crippen MR) is 115 cm³/mol. The molecule has 0 aliphatic carbocycles. The highest BCUT2D eigenvalue weighted by Crippen LogP contribution is 2.32. The van der Waals surface area contributed by atoms with Crippen LogP contribution in [0.4, 0.5) is 4.39 Å². The van der Waals surface area contributed by atoms with Gasteiger partial charge >= 0.3 is 0 Å². The second-order valence-corrected chi connectivity index (χ2v) is 7.72. The molecule has 0 bridgehead atoms. The van der Waals surface area contributed by atoms with E-state index in [4.69, 9.17) is 9.47 Å². The third kappa shape index (κ3) is 5.50. The number of nitrogens with one attached hydrogen (secondary N) is 1. The molecule has 30 heavy (non-hydrogen) atoms. The monoisotopic (exact) mass is 435 g/mol. The van der Waals surface area contributed by atoms with Crippen molar-refractivity contribution >= 4 is 21.6 Å². The molecule has 0 unspecified atom stereocenters. The van der Waals surface area contributed by atoms with Crippen molar-refractivity contribution in [1.29, 1.82) is 0 Å². The van der Waals surface area contributed by atoms with Crippen LogP contribution in [0.15, 0.2) is 34.4 Å². The highest BCUT2D eigenvalue weighted by Gasteiger charge is 2.18. The normalized spacial score (nSPS) is 12.7. The Hall–Kier alpha value is -2.17. The smallest absolute Gasteiger partial charge is 0.260 e. The molecule has 0 radical (unpaired) electrons. The first-order valence-corrected chi connectivity index (χ1v) is 10.6. The number of aromatic nitrogens is 2. The number of aromatic amines is 1. The van der Waals surface area contributed by atoms with E-state index in [0.717, 1.165) is 0 Å². The lowest BCUT2D eigenvalue weighted by Crippen LogP contribution is -2.37. The third-order valence-corrected chi connectivity index (χ3v) is 5.50. The largest absolute Gasteiger partial charge is 0.389 e. The Morgan fingerprint density at radius 1 is 1.33 bits per heavy atom. The first kappa shape index (κ1) is 22.5.